The summed E-state index contributed by atoms with van der Waals surface area (Å²) in [4.78, 5) is 30.6. The lowest BCUT2D eigenvalue weighted by Crippen LogP contribution is -2.47. The van der Waals surface area contributed by atoms with Crippen LogP contribution in [0.5, 0.6) is 0 Å². The van der Waals surface area contributed by atoms with E-state index in [1.54, 1.807) is 12.4 Å². The molecule has 0 saturated carbocycles. The Hall–Kier alpha value is -3.62. The quantitative estimate of drug-likeness (QED) is 0.405. The van der Waals surface area contributed by atoms with E-state index in [9.17, 15) is 4.79 Å². The summed E-state index contributed by atoms with van der Waals surface area (Å²) in [6.45, 7) is 4.92. The van der Waals surface area contributed by atoms with Gasteiger partial charge in [-0.25, -0.2) is 4.98 Å². The Labute approximate surface area is 209 Å². The van der Waals surface area contributed by atoms with Gasteiger partial charge in [0, 0.05) is 68.5 Å². The first-order valence-electron chi connectivity index (χ1n) is 11.8. The summed E-state index contributed by atoms with van der Waals surface area (Å²) in [7, 11) is 0. The first-order chi connectivity index (χ1) is 17.2. The zero-order valence-electron chi connectivity index (χ0n) is 19.5. The van der Waals surface area contributed by atoms with Crippen molar-refractivity contribution < 1.29 is 4.79 Å². The molecule has 178 valence electrons. The van der Waals surface area contributed by atoms with E-state index in [-0.39, 0.29) is 12.3 Å². The summed E-state index contributed by atoms with van der Waals surface area (Å²) in [5.74, 6) is -0.0588. The van der Waals surface area contributed by atoms with E-state index in [4.69, 9.17) is 0 Å². The minimum Gasteiger partial charge on any atom is -0.367 e. The molecule has 1 aromatic carbocycles. The van der Waals surface area contributed by atoms with Crippen LogP contribution in [-0.2, 0) is 17.6 Å². The Bertz CT molecular complexity index is 1240. The number of nitrogens with zero attached hydrogens (tertiary/aromatic N) is 5. The van der Waals surface area contributed by atoms with Gasteiger partial charge in [0.05, 0.1) is 23.5 Å². The molecule has 1 aliphatic rings. The van der Waals surface area contributed by atoms with E-state index in [1.165, 1.54) is 16.9 Å². The number of hydrogen-bond donors (Lipinski definition) is 1. The Balaban J connectivity index is 1.16. The van der Waals surface area contributed by atoms with Crippen molar-refractivity contribution >= 4 is 28.6 Å². The first kappa shape index (κ1) is 23.1. The number of nitrogens with one attached hydrogen (secondary N) is 1. The number of thiazole rings is 1. The number of amides is 1. The van der Waals surface area contributed by atoms with Crippen LogP contribution in [0.4, 0.5) is 11.4 Å². The van der Waals surface area contributed by atoms with Crippen LogP contribution in [0.15, 0.2) is 78.7 Å². The van der Waals surface area contributed by atoms with Gasteiger partial charge in [-0.1, -0.05) is 12.1 Å². The Morgan fingerprint density at radius 3 is 2.57 bits per heavy atom. The number of carbonyl (C=O) groups excluding carboxylic acids is 1. The van der Waals surface area contributed by atoms with Gasteiger partial charge < -0.3 is 10.2 Å². The normalized spacial score (nSPS) is 14.1. The molecule has 1 fully saturated rings. The van der Waals surface area contributed by atoms with Crippen molar-refractivity contribution in [2.24, 2.45) is 0 Å². The summed E-state index contributed by atoms with van der Waals surface area (Å²) in [6, 6.07) is 16.1. The summed E-state index contributed by atoms with van der Waals surface area (Å²) < 4.78 is 0. The number of para-hydroxylation sites is 2. The number of anilines is 2. The molecule has 7 nitrogen and oxygen atoms in total. The molecule has 0 atom stereocenters. The number of pyridine rings is 2. The van der Waals surface area contributed by atoms with Crippen LogP contribution < -0.4 is 10.2 Å². The van der Waals surface area contributed by atoms with Crippen LogP contribution in [0.2, 0.25) is 0 Å². The average Bonchev–Trinajstić information content (AvgIpc) is 3.37. The minimum absolute atomic E-state index is 0.0588. The fourth-order valence-electron chi connectivity index (χ4n) is 4.27. The highest BCUT2D eigenvalue weighted by molar-refractivity contribution is 7.13. The summed E-state index contributed by atoms with van der Waals surface area (Å²) in [6.07, 6.45) is 8.52. The number of benzene rings is 1. The standard InChI is InChI=1S/C27H28N6OS/c34-26(18-23-20-35-27(30-23)22-4-3-10-29-19-22)31-24-5-1-2-6-25(24)33-16-14-32(15-17-33)13-9-21-7-11-28-12-8-21/h1-8,10-12,19-20H,9,13-18H2,(H,31,34). The molecular formula is C27H28N6OS. The second kappa shape index (κ2) is 11.2. The van der Waals surface area contributed by atoms with Gasteiger partial charge in [-0.15, -0.1) is 11.3 Å². The highest BCUT2D eigenvalue weighted by Crippen LogP contribution is 2.27. The zero-order chi connectivity index (χ0) is 23.9. The lowest BCUT2D eigenvalue weighted by molar-refractivity contribution is -0.115. The van der Waals surface area contributed by atoms with Crippen molar-refractivity contribution in [1.29, 1.82) is 0 Å². The van der Waals surface area contributed by atoms with Gasteiger partial charge in [0.1, 0.15) is 5.01 Å². The highest BCUT2D eigenvalue weighted by Gasteiger charge is 2.20. The first-order valence-corrected chi connectivity index (χ1v) is 12.7. The molecule has 1 N–H and O–H groups in total. The van der Waals surface area contributed by atoms with Crippen molar-refractivity contribution in [1.82, 2.24) is 19.9 Å². The van der Waals surface area contributed by atoms with Gasteiger partial charge in [0.2, 0.25) is 5.91 Å². The van der Waals surface area contributed by atoms with Gasteiger partial charge in [-0.2, -0.15) is 0 Å². The molecule has 8 heteroatoms. The third-order valence-electron chi connectivity index (χ3n) is 6.16. The van der Waals surface area contributed by atoms with Gasteiger partial charge in [-0.05, 0) is 48.4 Å². The van der Waals surface area contributed by atoms with Crippen molar-refractivity contribution in [3.63, 3.8) is 0 Å². The molecular weight excluding hydrogens is 456 g/mol. The number of piperazine rings is 1. The van der Waals surface area contributed by atoms with Crippen molar-refractivity contribution in [2.75, 3.05) is 42.9 Å². The van der Waals surface area contributed by atoms with Gasteiger partial charge in [0.15, 0.2) is 0 Å². The molecule has 4 aromatic rings. The highest BCUT2D eigenvalue weighted by atomic mass is 32.1. The van der Waals surface area contributed by atoms with Crippen molar-refractivity contribution in [3.05, 3.63) is 90.0 Å². The topological polar surface area (TPSA) is 74.2 Å². The molecule has 0 spiro atoms. The molecule has 4 heterocycles. The third kappa shape index (κ3) is 6.09. The molecule has 1 amide bonds. The second-order valence-electron chi connectivity index (χ2n) is 8.56. The van der Waals surface area contributed by atoms with E-state index in [0.29, 0.717) is 0 Å². The predicted molar refractivity (Wildman–Crippen MR) is 141 cm³/mol. The molecule has 35 heavy (non-hydrogen) atoms. The van der Waals surface area contributed by atoms with Gasteiger partial charge in [0.25, 0.3) is 0 Å². The van der Waals surface area contributed by atoms with Crippen LogP contribution in [0, 0.1) is 0 Å². The smallest absolute Gasteiger partial charge is 0.230 e. The van der Waals surface area contributed by atoms with Crippen molar-refractivity contribution in [3.8, 4) is 10.6 Å². The fraction of sp³-hybridized carbons (Fsp3) is 0.259. The number of carbonyl (C=O) groups is 1. The van der Waals surface area contributed by atoms with E-state index in [1.807, 2.05) is 48.1 Å². The Kier molecular flexibility index (Phi) is 7.41. The second-order valence-corrected chi connectivity index (χ2v) is 9.42. The van der Waals surface area contributed by atoms with Crippen LogP contribution in [0.1, 0.15) is 11.3 Å². The van der Waals surface area contributed by atoms with E-state index < -0.39 is 0 Å². The molecule has 0 unspecified atom stereocenters. The molecule has 0 radical (unpaired) electrons. The Morgan fingerprint density at radius 1 is 0.943 bits per heavy atom. The van der Waals surface area contributed by atoms with E-state index in [2.05, 4.69) is 48.3 Å². The number of rotatable bonds is 8. The lowest BCUT2D eigenvalue weighted by atomic mass is 10.1. The maximum absolute atomic E-state index is 12.8. The average molecular weight is 485 g/mol. The SMILES string of the molecule is O=C(Cc1csc(-c2cccnc2)n1)Nc1ccccc1N1CCN(CCc2ccncc2)CC1. The Morgan fingerprint density at radius 2 is 1.77 bits per heavy atom. The monoisotopic (exact) mass is 484 g/mol. The summed E-state index contributed by atoms with van der Waals surface area (Å²) in [5, 5.41) is 5.94. The molecule has 0 aliphatic carbocycles. The third-order valence-corrected chi connectivity index (χ3v) is 7.10. The lowest BCUT2D eigenvalue weighted by Gasteiger charge is -2.37. The van der Waals surface area contributed by atoms with E-state index in [0.717, 1.165) is 66.8 Å². The minimum atomic E-state index is -0.0588. The molecule has 5 rings (SSSR count). The van der Waals surface area contributed by atoms with Crippen LogP contribution in [0.25, 0.3) is 10.6 Å². The molecule has 0 bridgehead atoms. The largest absolute Gasteiger partial charge is 0.367 e. The van der Waals surface area contributed by atoms with Crippen LogP contribution >= 0.6 is 11.3 Å². The maximum Gasteiger partial charge on any atom is 0.230 e. The maximum atomic E-state index is 12.8. The number of hydrogen-bond acceptors (Lipinski definition) is 7. The predicted octanol–water partition coefficient (Wildman–Crippen LogP) is 4.15. The zero-order valence-corrected chi connectivity index (χ0v) is 20.3. The number of aromatic nitrogens is 3. The molecule has 1 aliphatic heterocycles. The van der Waals surface area contributed by atoms with Gasteiger partial charge >= 0.3 is 0 Å². The molecule has 1 saturated heterocycles. The summed E-state index contributed by atoms with van der Waals surface area (Å²) >= 11 is 1.53. The van der Waals surface area contributed by atoms with Crippen molar-refractivity contribution in [2.45, 2.75) is 12.8 Å². The van der Waals surface area contributed by atoms with E-state index >= 15 is 0 Å². The van der Waals surface area contributed by atoms with Crippen LogP contribution in [0.3, 0.4) is 0 Å². The fourth-order valence-corrected chi connectivity index (χ4v) is 5.08. The summed E-state index contributed by atoms with van der Waals surface area (Å²) in [5.41, 5.74) is 4.98. The van der Waals surface area contributed by atoms with Gasteiger partial charge in [-0.3, -0.25) is 19.7 Å². The molecule has 3 aromatic heterocycles. The van der Waals surface area contributed by atoms with Crippen LogP contribution in [-0.4, -0.2) is 58.5 Å².